The lowest BCUT2D eigenvalue weighted by atomic mass is 10.0. The maximum Gasteiger partial charge on any atom is 0.243 e. The zero-order chi connectivity index (χ0) is 28.6. The maximum atomic E-state index is 13.8. The van der Waals surface area contributed by atoms with E-state index in [2.05, 4.69) is 5.32 Å². The van der Waals surface area contributed by atoms with Gasteiger partial charge in [0, 0.05) is 36.6 Å². The van der Waals surface area contributed by atoms with Gasteiger partial charge in [0.05, 0.1) is 11.4 Å². The molecule has 3 rings (SSSR count). The van der Waals surface area contributed by atoms with Crippen molar-refractivity contribution in [1.29, 1.82) is 0 Å². The third-order valence-electron chi connectivity index (χ3n) is 6.26. The summed E-state index contributed by atoms with van der Waals surface area (Å²) in [5.41, 5.74) is 2.36. The number of hydrogen-bond donors (Lipinski definition) is 1. The lowest BCUT2D eigenvalue weighted by Gasteiger charge is -2.33. The molecule has 0 aliphatic heterocycles. The van der Waals surface area contributed by atoms with Crippen LogP contribution in [-0.4, -0.2) is 55.6 Å². The van der Waals surface area contributed by atoms with E-state index in [1.54, 1.807) is 30.3 Å². The number of carbonyl (C=O) groups is 2. The van der Waals surface area contributed by atoms with Crippen LogP contribution in [0.15, 0.2) is 77.7 Å². The van der Waals surface area contributed by atoms with Gasteiger partial charge in [0.2, 0.25) is 21.8 Å². The van der Waals surface area contributed by atoms with Crippen molar-refractivity contribution in [1.82, 2.24) is 14.5 Å². The van der Waals surface area contributed by atoms with Gasteiger partial charge in [0.1, 0.15) is 6.04 Å². The van der Waals surface area contributed by atoms with Gasteiger partial charge in [0.25, 0.3) is 0 Å². The number of nitrogens with one attached hydrogen (secondary N) is 1. The van der Waals surface area contributed by atoms with E-state index in [0.29, 0.717) is 22.2 Å². The summed E-state index contributed by atoms with van der Waals surface area (Å²) in [7, 11) is -2.60. The number of likely N-dealkylation sites (N-methyl/N-ethyl adjacent to an activating group) is 1. The van der Waals surface area contributed by atoms with Crippen molar-refractivity contribution in [3.63, 3.8) is 0 Å². The molecule has 0 aliphatic rings. The average Bonchev–Trinajstić information content (AvgIpc) is 2.91. The Morgan fingerprint density at radius 1 is 0.974 bits per heavy atom. The molecule has 2 amide bonds. The third-order valence-corrected chi connectivity index (χ3v) is 8.67. The zero-order valence-electron chi connectivity index (χ0n) is 22.2. The van der Waals surface area contributed by atoms with E-state index in [0.717, 1.165) is 21.9 Å². The van der Waals surface area contributed by atoms with E-state index in [1.165, 1.54) is 24.1 Å². The van der Waals surface area contributed by atoms with Crippen LogP contribution in [0, 0.1) is 6.92 Å². The second kappa shape index (κ2) is 13.9. The van der Waals surface area contributed by atoms with Crippen molar-refractivity contribution in [3.05, 3.63) is 99.5 Å². The number of aryl methyl sites for hydroxylation is 1. The Labute approximate surface area is 240 Å². The first-order valence-electron chi connectivity index (χ1n) is 12.6. The van der Waals surface area contributed by atoms with Crippen LogP contribution in [0.1, 0.15) is 30.0 Å². The first-order chi connectivity index (χ1) is 18.5. The van der Waals surface area contributed by atoms with Gasteiger partial charge in [-0.3, -0.25) is 9.59 Å². The number of hydrogen-bond acceptors (Lipinski definition) is 4. The van der Waals surface area contributed by atoms with Crippen molar-refractivity contribution in [2.24, 2.45) is 0 Å². The van der Waals surface area contributed by atoms with Crippen molar-refractivity contribution >= 4 is 45.0 Å². The summed E-state index contributed by atoms with van der Waals surface area (Å²) in [5.74, 6) is -0.866. The molecule has 3 aromatic rings. The van der Waals surface area contributed by atoms with E-state index in [1.807, 2.05) is 44.2 Å². The minimum absolute atomic E-state index is 0.00962. The van der Waals surface area contributed by atoms with Crippen LogP contribution in [0.25, 0.3) is 0 Å². The quantitative estimate of drug-likeness (QED) is 0.319. The molecule has 1 atom stereocenters. The molecule has 0 spiro atoms. The largest absolute Gasteiger partial charge is 0.354 e. The lowest BCUT2D eigenvalue weighted by Crippen LogP contribution is -2.53. The molecule has 0 bridgehead atoms. The number of sulfonamides is 1. The minimum Gasteiger partial charge on any atom is -0.354 e. The Hall–Kier alpha value is -2.91. The standard InChI is InChI=1S/C29H33Cl2N3O4S/c1-4-16-32-29(36)27(17-22-8-6-5-7-9-22)34(19-23-12-13-24(30)18-26(23)31)28(35)20-33(3)39(37,38)25-14-10-21(2)11-15-25/h5-15,18,27H,4,16-17,19-20H2,1-3H3,(H,32,36). The number of nitrogens with zero attached hydrogens (tertiary/aromatic N) is 2. The smallest absolute Gasteiger partial charge is 0.243 e. The highest BCUT2D eigenvalue weighted by Crippen LogP contribution is 2.25. The topological polar surface area (TPSA) is 86.8 Å². The van der Waals surface area contributed by atoms with Crippen LogP contribution >= 0.6 is 23.2 Å². The zero-order valence-corrected chi connectivity index (χ0v) is 24.6. The molecule has 0 aliphatic carbocycles. The summed E-state index contributed by atoms with van der Waals surface area (Å²) in [6.07, 6.45) is 0.958. The van der Waals surface area contributed by atoms with Gasteiger partial charge in [-0.1, -0.05) is 84.2 Å². The van der Waals surface area contributed by atoms with Gasteiger partial charge in [-0.15, -0.1) is 0 Å². The number of halogens is 2. The Kier molecular flexibility index (Phi) is 10.9. The molecule has 208 valence electrons. The van der Waals surface area contributed by atoms with E-state index in [-0.39, 0.29) is 23.8 Å². The van der Waals surface area contributed by atoms with Gasteiger partial charge < -0.3 is 10.2 Å². The highest BCUT2D eigenvalue weighted by Gasteiger charge is 2.33. The van der Waals surface area contributed by atoms with Crippen molar-refractivity contribution in [2.75, 3.05) is 20.1 Å². The predicted octanol–water partition coefficient (Wildman–Crippen LogP) is 5.09. The molecule has 1 N–H and O–H groups in total. The highest BCUT2D eigenvalue weighted by atomic mass is 35.5. The molecule has 0 saturated heterocycles. The van der Waals surface area contributed by atoms with E-state index >= 15 is 0 Å². The summed E-state index contributed by atoms with van der Waals surface area (Å²) < 4.78 is 27.5. The Bertz CT molecular complexity index is 1380. The van der Waals surface area contributed by atoms with Gasteiger partial charge in [-0.2, -0.15) is 4.31 Å². The SMILES string of the molecule is CCCNC(=O)C(Cc1ccccc1)N(Cc1ccc(Cl)cc1Cl)C(=O)CN(C)S(=O)(=O)c1ccc(C)cc1. The van der Waals surface area contributed by atoms with Crippen LogP contribution in [-0.2, 0) is 32.6 Å². The lowest BCUT2D eigenvalue weighted by molar-refractivity contribution is -0.141. The first-order valence-corrected chi connectivity index (χ1v) is 14.8. The van der Waals surface area contributed by atoms with Gasteiger partial charge in [-0.25, -0.2) is 8.42 Å². The monoisotopic (exact) mass is 589 g/mol. The van der Waals surface area contributed by atoms with Crippen LogP contribution in [0.2, 0.25) is 10.0 Å². The number of rotatable bonds is 12. The molecule has 0 radical (unpaired) electrons. The molecule has 0 saturated carbocycles. The second-order valence-electron chi connectivity index (χ2n) is 9.33. The fourth-order valence-electron chi connectivity index (χ4n) is 4.01. The highest BCUT2D eigenvalue weighted by molar-refractivity contribution is 7.89. The van der Waals surface area contributed by atoms with Crippen LogP contribution < -0.4 is 5.32 Å². The van der Waals surface area contributed by atoms with Crippen LogP contribution in [0.3, 0.4) is 0 Å². The average molecular weight is 591 g/mol. The predicted molar refractivity (Wildman–Crippen MR) is 155 cm³/mol. The summed E-state index contributed by atoms with van der Waals surface area (Å²) >= 11 is 12.5. The third kappa shape index (κ3) is 8.29. The maximum absolute atomic E-state index is 13.8. The molecule has 0 fully saturated rings. The van der Waals surface area contributed by atoms with Crippen molar-refractivity contribution in [2.45, 2.75) is 44.2 Å². The second-order valence-corrected chi connectivity index (χ2v) is 12.2. The van der Waals surface area contributed by atoms with Crippen molar-refractivity contribution < 1.29 is 18.0 Å². The molecule has 1 unspecified atom stereocenters. The number of benzene rings is 3. The molecular weight excluding hydrogens is 557 g/mol. The molecule has 3 aromatic carbocycles. The molecule has 39 heavy (non-hydrogen) atoms. The molecule has 0 aromatic heterocycles. The minimum atomic E-state index is -3.95. The molecule has 0 heterocycles. The molecule has 10 heteroatoms. The summed E-state index contributed by atoms with van der Waals surface area (Å²) in [4.78, 5) is 28.8. The van der Waals surface area contributed by atoms with Gasteiger partial charge in [0.15, 0.2) is 0 Å². The van der Waals surface area contributed by atoms with Crippen LogP contribution in [0.5, 0.6) is 0 Å². The van der Waals surface area contributed by atoms with Gasteiger partial charge in [-0.05, 0) is 48.7 Å². The first kappa shape index (κ1) is 30.6. The van der Waals surface area contributed by atoms with Crippen LogP contribution in [0.4, 0.5) is 0 Å². The summed E-state index contributed by atoms with van der Waals surface area (Å²) in [5, 5.41) is 3.67. The normalized spacial score (nSPS) is 12.3. The Morgan fingerprint density at radius 3 is 2.26 bits per heavy atom. The fourth-order valence-corrected chi connectivity index (χ4v) is 5.60. The summed E-state index contributed by atoms with van der Waals surface area (Å²) in [6, 6.07) is 19.8. The van der Waals surface area contributed by atoms with E-state index in [9.17, 15) is 18.0 Å². The molecular formula is C29H33Cl2N3O4S. The Morgan fingerprint density at radius 2 is 1.64 bits per heavy atom. The Balaban J connectivity index is 1.98. The van der Waals surface area contributed by atoms with Gasteiger partial charge >= 0.3 is 0 Å². The van der Waals surface area contributed by atoms with Crippen molar-refractivity contribution in [3.8, 4) is 0 Å². The number of amides is 2. The molecule has 7 nitrogen and oxygen atoms in total. The van der Waals surface area contributed by atoms with E-state index in [4.69, 9.17) is 23.2 Å². The van der Waals surface area contributed by atoms with E-state index < -0.39 is 28.5 Å². The summed E-state index contributed by atoms with van der Waals surface area (Å²) in [6.45, 7) is 3.77. The fraction of sp³-hybridized carbons (Fsp3) is 0.310. The number of carbonyl (C=O) groups excluding carboxylic acids is 2.